The molecular formula is C18H19BrF5N3O5. The standard InChI is InChI=1S/C16H18BrF2N3O3.C2HF3O2/c17-9-5-11(13(18)19)12(21-7-9)14(23)22-8-10-6-16(15(24)25-10)1-3-20-4-2-16;3-2(4,5)1(6)7/h5,7,10,13,20H,1-4,6,8H2,(H,22,23);(H,6,7). The quantitative estimate of drug-likeness (QED) is 0.404. The lowest BCUT2D eigenvalue weighted by Crippen LogP contribution is -2.40. The fourth-order valence-corrected chi connectivity index (χ4v) is 3.71. The highest BCUT2D eigenvalue weighted by molar-refractivity contribution is 9.10. The zero-order valence-electron chi connectivity index (χ0n) is 16.3. The fourth-order valence-electron chi connectivity index (χ4n) is 3.37. The number of nitrogens with one attached hydrogen (secondary N) is 2. The zero-order valence-corrected chi connectivity index (χ0v) is 17.9. The van der Waals surface area contributed by atoms with E-state index in [0.29, 0.717) is 23.7 Å². The molecule has 2 saturated heterocycles. The molecule has 1 atom stereocenters. The summed E-state index contributed by atoms with van der Waals surface area (Å²) in [7, 11) is 0. The summed E-state index contributed by atoms with van der Waals surface area (Å²) < 4.78 is 63.7. The van der Waals surface area contributed by atoms with E-state index >= 15 is 0 Å². The maximum absolute atomic E-state index is 13.1. The SMILES string of the molecule is O=C(NCC1CC2(CCNCC2)C(=O)O1)c1ncc(Br)cc1C(F)F.O=C(O)C(F)(F)F. The van der Waals surface area contributed by atoms with Crippen LogP contribution in [0.2, 0.25) is 0 Å². The highest BCUT2D eigenvalue weighted by Gasteiger charge is 2.49. The van der Waals surface area contributed by atoms with Gasteiger partial charge in [-0.05, 0) is 47.9 Å². The number of piperidine rings is 1. The number of nitrogens with zero attached hydrogens (tertiary/aromatic N) is 1. The van der Waals surface area contributed by atoms with Gasteiger partial charge in [0.25, 0.3) is 12.3 Å². The Labute approximate surface area is 187 Å². The lowest BCUT2D eigenvalue weighted by Gasteiger charge is -2.29. The Kier molecular flexibility index (Phi) is 8.51. The average molecular weight is 532 g/mol. The van der Waals surface area contributed by atoms with Gasteiger partial charge in [-0.15, -0.1) is 0 Å². The van der Waals surface area contributed by atoms with Crippen LogP contribution in [-0.2, 0) is 14.3 Å². The zero-order chi connectivity index (χ0) is 24.1. The molecule has 2 fully saturated rings. The first-order valence-corrected chi connectivity index (χ1v) is 10.1. The second kappa shape index (κ2) is 10.5. The molecule has 14 heteroatoms. The Hall–Kier alpha value is -2.35. The van der Waals surface area contributed by atoms with Gasteiger partial charge in [0.05, 0.1) is 17.5 Å². The van der Waals surface area contributed by atoms with Gasteiger partial charge in [-0.25, -0.2) is 18.6 Å². The number of aromatic nitrogens is 1. The van der Waals surface area contributed by atoms with E-state index in [1.807, 2.05) is 0 Å². The van der Waals surface area contributed by atoms with Gasteiger partial charge in [0.2, 0.25) is 0 Å². The maximum Gasteiger partial charge on any atom is 0.490 e. The molecule has 0 aliphatic carbocycles. The van der Waals surface area contributed by atoms with E-state index in [2.05, 4.69) is 31.5 Å². The summed E-state index contributed by atoms with van der Waals surface area (Å²) in [4.78, 5) is 37.1. The molecule has 178 valence electrons. The van der Waals surface area contributed by atoms with Gasteiger partial charge in [0.1, 0.15) is 11.8 Å². The Bertz CT molecular complexity index is 862. The third-order valence-corrected chi connectivity index (χ3v) is 5.39. The van der Waals surface area contributed by atoms with Crippen molar-refractivity contribution < 1.29 is 46.2 Å². The summed E-state index contributed by atoms with van der Waals surface area (Å²) >= 11 is 3.06. The maximum atomic E-state index is 13.1. The minimum absolute atomic E-state index is 0.0835. The lowest BCUT2D eigenvalue weighted by atomic mass is 9.76. The van der Waals surface area contributed by atoms with Crippen LogP contribution in [0.15, 0.2) is 16.7 Å². The first-order valence-electron chi connectivity index (χ1n) is 9.29. The number of amides is 1. The van der Waals surface area contributed by atoms with Crippen LogP contribution < -0.4 is 10.6 Å². The van der Waals surface area contributed by atoms with Crippen molar-refractivity contribution in [3.8, 4) is 0 Å². The van der Waals surface area contributed by atoms with E-state index in [1.54, 1.807) is 0 Å². The number of halogens is 6. The van der Waals surface area contributed by atoms with E-state index in [9.17, 15) is 31.5 Å². The minimum atomic E-state index is -5.08. The van der Waals surface area contributed by atoms with E-state index in [4.69, 9.17) is 14.6 Å². The van der Waals surface area contributed by atoms with Gasteiger partial charge >= 0.3 is 18.1 Å². The molecule has 3 rings (SSSR count). The van der Waals surface area contributed by atoms with Crippen molar-refractivity contribution in [2.75, 3.05) is 19.6 Å². The van der Waals surface area contributed by atoms with Crippen LogP contribution >= 0.6 is 15.9 Å². The van der Waals surface area contributed by atoms with E-state index in [0.717, 1.165) is 13.1 Å². The van der Waals surface area contributed by atoms with Gasteiger partial charge in [0, 0.05) is 17.1 Å². The summed E-state index contributed by atoms with van der Waals surface area (Å²) in [5, 5.41) is 12.9. The van der Waals surface area contributed by atoms with Crippen LogP contribution in [0.25, 0.3) is 0 Å². The van der Waals surface area contributed by atoms with Crippen molar-refractivity contribution in [2.24, 2.45) is 5.41 Å². The van der Waals surface area contributed by atoms with Gasteiger partial charge in [0.15, 0.2) is 0 Å². The number of pyridine rings is 1. The molecule has 2 aliphatic rings. The number of hydrogen-bond acceptors (Lipinski definition) is 6. The normalized spacial score (nSPS) is 19.8. The Morgan fingerprint density at radius 3 is 2.47 bits per heavy atom. The highest BCUT2D eigenvalue weighted by Crippen LogP contribution is 2.41. The van der Waals surface area contributed by atoms with E-state index in [1.165, 1.54) is 12.3 Å². The number of hydrogen-bond donors (Lipinski definition) is 3. The van der Waals surface area contributed by atoms with Crippen molar-refractivity contribution in [3.05, 3.63) is 28.0 Å². The second-order valence-electron chi connectivity index (χ2n) is 7.17. The van der Waals surface area contributed by atoms with Gasteiger partial charge in [-0.2, -0.15) is 13.2 Å². The summed E-state index contributed by atoms with van der Waals surface area (Å²) in [6, 6.07) is 1.17. The second-order valence-corrected chi connectivity index (χ2v) is 8.08. The first kappa shape index (κ1) is 25.9. The topological polar surface area (TPSA) is 118 Å². The van der Waals surface area contributed by atoms with Crippen molar-refractivity contribution in [2.45, 2.75) is 38.0 Å². The van der Waals surface area contributed by atoms with E-state index < -0.39 is 41.6 Å². The molecule has 8 nitrogen and oxygen atoms in total. The number of carbonyl (C=O) groups is 3. The number of rotatable bonds is 4. The summed E-state index contributed by atoms with van der Waals surface area (Å²) in [6.45, 7) is 1.60. The van der Waals surface area contributed by atoms with Gasteiger partial charge in [-0.1, -0.05) is 0 Å². The molecule has 1 amide bonds. The van der Waals surface area contributed by atoms with Crippen molar-refractivity contribution in [1.82, 2.24) is 15.6 Å². The monoisotopic (exact) mass is 531 g/mol. The molecule has 0 radical (unpaired) electrons. The summed E-state index contributed by atoms with van der Waals surface area (Å²) in [5.41, 5.74) is -1.24. The molecule has 1 aromatic rings. The van der Waals surface area contributed by atoms with Crippen molar-refractivity contribution >= 4 is 33.8 Å². The minimum Gasteiger partial charge on any atom is -0.475 e. The van der Waals surface area contributed by atoms with Crippen molar-refractivity contribution in [1.29, 1.82) is 0 Å². The number of carboxylic acid groups (broad SMARTS) is 1. The molecule has 2 aliphatic heterocycles. The number of ether oxygens (including phenoxy) is 1. The van der Waals surface area contributed by atoms with Crippen LogP contribution in [-0.4, -0.2) is 59.9 Å². The van der Waals surface area contributed by atoms with Gasteiger partial charge in [-0.3, -0.25) is 9.59 Å². The predicted octanol–water partition coefficient (Wildman–Crippen LogP) is 2.83. The molecule has 3 N–H and O–H groups in total. The Balaban J connectivity index is 0.000000451. The fraction of sp³-hybridized carbons (Fsp3) is 0.556. The third-order valence-electron chi connectivity index (χ3n) is 4.95. The van der Waals surface area contributed by atoms with Crippen LogP contribution in [0.1, 0.15) is 41.7 Å². The molecule has 0 bridgehead atoms. The molecule has 1 aromatic heterocycles. The van der Waals surface area contributed by atoms with E-state index in [-0.39, 0.29) is 18.2 Å². The lowest BCUT2D eigenvalue weighted by molar-refractivity contribution is -0.192. The number of alkyl halides is 5. The molecule has 32 heavy (non-hydrogen) atoms. The molecule has 0 aromatic carbocycles. The summed E-state index contributed by atoms with van der Waals surface area (Å²) in [6.07, 6.45) is -5.10. The Morgan fingerprint density at radius 2 is 1.94 bits per heavy atom. The highest BCUT2D eigenvalue weighted by atomic mass is 79.9. The largest absolute Gasteiger partial charge is 0.490 e. The van der Waals surface area contributed by atoms with Crippen LogP contribution in [0.3, 0.4) is 0 Å². The number of carbonyl (C=O) groups excluding carboxylic acids is 2. The first-order chi connectivity index (χ1) is 14.9. The Morgan fingerprint density at radius 1 is 1.34 bits per heavy atom. The van der Waals surface area contributed by atoms with Crippen molar-refractivity contribution in [3.63, 3.8) is 0 Å². The molecule has 0 saturated carbocycles. The number of cyclic esters (lactones) is 1. The molecule has 1 spiro atoms. The number of carboxylic acids is 1. The predicted molar refractivity (Wildman–Crippen MR) is 102 cm³/mol. The molecule has 3 heterocycles. The molecular weight excluding hydrogens is 513 g/mol. The average Bonchev–Trinajstić information content (AvgIpc) is 3.01. The van der Waals surface area contributed by atoms with Crippen LogP contribution in [0.4, 0.5) is 22.0 Å². The van der Waals surface area contributed by atoms with Crippen LogP contribution in [0, 0.1) is 5.41 Å². The molecule has 1 unspecified atom stereocenters. The number of aliphatic carboxylic acids is 1. The number of esters is 1. The summed E-state index contributed by atoms with van der Waals surface area (Å²) in [5.74, 6) is -3.69. The smallest absolute Gasteiger partial charge is 0.475 e. The third kappa shape index (κ3) is 6.58. The van der Waals surface area contributed by atoms with Crippen LogP contribution in [0.5, 0.6) is 0 Å². The van der Waals surface area contributed by atoms with Gasteiger partial charge < -0.3 is 20.5 Å².